The van der Waals surface area contributed by atoms with Gasteiger partial charge in [-0.15, -0.1) is 0 Å². The van der Waals surface area contributed by atoms with Crippen LogP contribution in [0.1, 0.15) is 6.92 Å². The summed E-state index contributed by atoms with van der Waals surface area (Å²) in [7, 11) is 0. The minimum Gasteiger partial charge on any atom is -0.503 e. The fourth-order valence-electron chi connectivity index (χ4n) is 0.975. The van der Waals surface area contributed by atoms with Crippen molar-refractivity contribution in [2.45, 2.75) is 6.92 Å². The van der Waals surface area contributed by atoms with E-state index in [2.05, 4.69) is 5.32 Å². The molecule has 0 saturated carbocycles. The second-order valence-corrected chi connectivity index (χ2v) is 2.96. The van der Waals surface area contributed by atoms with Gasteiger partial charge in [0.15, 0.2) is 11.5 Å². The van der Waals surface area contributed by atoms with Crippen molar-refractivity contribution in [2.75, 3.05) is 5.32 Å². The molecule has 0 bridgehead atoms. The second-order valence-electron chi connectivity index (χ2n) is 2.96. The first-order chi connectivity index (χ1) is 7.09. The Balaban J connectivity index is 2.68. The molecule has 4 heteroatoms. The Morgan fingerprint density at radius 3 is 2.40 bits per heavy atom. The van der Waals surface area contributed by atoms with Crippen LogP contribution in [0.5, 0.6) is 0 Å². The zero-order chi connectivity index (χ0) is 11.3. The molecule has 4 nitrogen and oxygen atoms in total. The van der Waals surface area contributed by atoms with E-state index in [0.717, 1.165) is 6.08 Å². The van der Waals surface area contributed by atoms with Crippen molar-refractivity contribution in [3.8, 4) is 0 Å². The van der Waals surface area contributed by atoms with Crippen molar-refractivity contribution in [2.24, 2.45) is 0 Å². The molecule has 1 amide bonds. The van der Waals surface area contributed by atoms with Gasteiger partial charge in [0.25, 0.3) is 5.91 Å². The predicted octanol–water partition coefficient (Wildman–Crippen LogP) is 1.66. The number of carbonyl (C=O) groups is 2. The smallest absolute Gasteiger partial charge is 0.290 e. The van der Waals surface area contributed by atoms with Gasteiger partial charge >= 0.3 is 0 Å². The van der Waals surface area contributed by atoms with Crippen molar-refractivity contribution in [3.63, 3.8) is 0 Å². The Bertz CT molecular complexity index is 396. The fourth-order valence-corrected chi connectivity index (χ4v) is 0.975. The monoisotopic (exact) mass is 205 g/mol. The number of aliphatic hydroxyl groups excluding tert-OH is 1. The number of allylic oxidation sites excluding steroid dienone is 1. The van der Waals surface area contributed by atoms with Crippen LogP contribution in [0, 0.1) is 0 Å². The molecule has 0 aliphatic carbocycles. The highest BCUT2D eigenvalue weighted by Crippen LogP contribution is 2.06. The lowest BCUT2D eigenvalue weighted by molar-refractivity contribution is -0.117. The fraction of sp³-hybridized carbons (Fsp3) is 0.0909. The van der Waals surface area contributed by atoms with Gasteiger partial charge in [-0.3, -0.25) is 9.59 Å². The Hall–Kier alpha value is -2.10. The van der Waals surface area contributed by atoms with Crippen LogP contribution in [0.2, 0.25) is 0 Å². The highest BCUT2D eigenvalue weighted by atomic mass is 16.3. The molecule has 0 unspecified atom stereocenters. The maximum Gasteiger partial charge on any atom is 0.290 e. The van der Waals surface area contributed by atoms with Crippen molar-refractivity contribution in [3.05, 3.63) is 42.2 Å². The highest BCUT2D eigenvalue weighted by molar-refractivity contribution is 6.05. The number of nitrogens with one attached hydrogen (secondary N) is 1. The van der Waals surface area contributed by atoms with Crippen LogP contribution in [0.15, 0.2) is 42.2 Å². The molecule has 0 aliphatic rings. The Morgan fingerprint density at radius 1 is 1.27 bits per heavy atom. The molecule has 1 aromatic rings. The molecule has 15 heavy (non-hydrogen) atoms. The lowest BCUT2D eigenvalue weighted by Crippen LogP contribution is -2.14. The Labute approximate surface area is 87.2 Å². The molecule has 78 valence electrons. The van der Waals surface area contributed by atoms with Crippen molar-refractivity contribution in [1.29, 1.82) is 0 Å². The normalized spacial score (nSPS) is 10.9. The largest absolute Gasteiger partial charge is 0.503 e. The van der Waals surface area contributed by atoms with Crippen LogP contribution in [-0.2, 0) is 9.59 Å². The van der Waals surface area contributed by atoms with Gasteiger partial charge in [0.2, 0.25) is 0 Å². The number of anilines is 1. The third-order valence-electron chi connectivity index (χ3n) is 1.60. The van der Waals surface area contributed by atoms with E-state index < -0.39 is 11.7 Å². The first-order valence-electron chi connectivity index (χ1n) is 4.37. The molecule has 0 atom stereocenters. The molecule has 2 N–H and O–H groups in total. The first kappa shape index (κ1) is 11.0. The van der Waals surface area contributed by atoms with E-state index in [1.165, 1.54) is 6.92 Å². The van der Waals surface area contributed by atoms with Crippen LogP contribution in [0.25, 0.3) is 0 Å². The average molecular weight is 205 g/mol. The van der Waals surface area contributed by atoms with E-state index in [9.17, 15) is 14.7 Å². The average Bonchev–Trinajstić information content (AvgIpc) is 2.18. The Morgan fingerprint density at radius 2 is 1.87 bits per heavy atom. The maximum atomic E-state index is 11.3. The van der Waals surface area contributed by atoms with Gasteiger partial charge in [0, 0.05) is 11.8 Å². The van der Waals surface area contributed by atoms with E-state index >= 15 is 0 Å². The van der Waals surface area contributed by atoms with E-state index in [0.29, 0.717) is 5.69 Å². The summed E-state index contributed by atoms with van der Waals surface area (Å²) in [5.41, 5.74) is 0.561. The standard InChI is InChI=1S/C11H11NO3/c1-8(13)7-10(14)11(15)12-9-5-3-2-4-6-9/h2-7,14H,1H3,(H,12,15). The second kappa shape index (κ2) is 4.95. The number of ketones is 1. The summed E-state index contributed by atoms with van der Waals surface area (Å²) in [5, 5.41) is 11.6. The molecule has 0 heterocycles. The van der Waals surface area contributed by atoms with Crippen molar-refractivity contribution >= 4 is 17.4 Å². The summed E-state index contributed by atoms with van der Waals surface area (Å²) in [6.07, 6.45) is 0.873. The number of benzene rings is 1. The van der Waals surface area contributed by atoms with Gasteiger partial charge in [-0.05, 0) is 19.1 Å². The van der Waals surface area contributed by atoms with Gasteiger partial charge in [-0.1, -0.05) is 18.2 Å². The molecule has 0 saturated heterocycles. The highest BCUT2D eigenvalue weighted by Gasteiger charge is 2.07. The molecule has 0 fully saturated rings. The number of hydrogen-bond acceptors (Lipinski definition) is 3. The Kier molecular flexibility index (Phi) is 3.62. The topological polar surface area (TPSA) is 66.4 Å². The predicted molar refractivity (Wildman–Crippen MR) is 56.5 cm³/mol. The number of hydrogen-bond donors (Lipinski definition) is 2. The minimum atomic E-state index is -0.698. The minimum absolute atomic E-state index is 0.379. The van der Waals surface area contributed by atoms with Crippen molar-refractivity contribution < 1.29 is 14.7 Å². The number of carbonyl (C=O) groups excluding carboxylic acids is 2. The van der Waals surface area contributed by atoms with Gasteiger partial charge in [0.05, 0.1) is 0 Å². The van der Waals surface area contributed by atoms with Crippen LogP contribution < -0.4 is 5.32 Å². The number of amides is 1. The van der Waals surface area contributed by atoms with Gasteiger partial charge in [0.1, 0.15) is 0 Å². The summed E-state index contributed by atoms with van der Waals surface area (Å²) < 4.78 is 0. The van der Waals surface area contributed by atoms with Crippen LogP contribution in [0.3, 0.4) is 0 Å². The SMILES string of the molecule is CC(=O)C=C(O)C(=O)Nc1ccccc1. The molecular formula is C11H11NO3. The molecule has 1 rings (SSSR count). The number of para-hydroxylation sites is 1. The number of rotatable bonds is 3. The van der Waals surface area contributed by atoms with Gasteiger partial charge < -0.3 is 10.4 Å². The molecule has 0 radical (unpaired) electrons. The van der Waals surface area contributed by atoms with Crippen LogP contribution in [-0.4, -0.2) is 16.8 Å². The molecular weight excluding hydrogens is 194 g/mol. The van der Waals surface area contributed by atoms with E-state index in [4.69, 9.17) is 0 Å². The third-order valence-corrected chi connectivity index (χ3v) is 1.60. The summed E-state index contributed by atoms with van der Waals surface area (Å²) in [4.78, 5) is 21.9. The first-order valence-corrected chi connectivity index (χ1v) is 4.37. The van der Waals surface area contributed by atoms with E-state index in [1.54, 1.807) is 30.3 Å². The zero-order valence-corrected chi connectivity index (χ0v) is 8.23. The lowest BCUT2D eigenvalue weighted by Gasteiger charge is -2.02. The summed E-state index contributed by atoms with van der Waals surface area (Å²) in [5.74, 6) is -1.67. The number of aliphatic hydroxyl groups is 1. The lowest BCUT2D eigenvalue weighted by atomic mass is 10.3. The molecule has 0 spiro atoms. The maximum absolute atomic E-state index is 11.3. The molecule has 0 aliphatic heterocycles. The quantitative estimate of drug-likeness (QED) is 0.582. The third kappa shape index (κ3) is 3.64. The van der Waals surface area contributed by atoms with Gasteiger partial charge in [-0.25, -0.2) is 0 Å². The van der Waals surface area contributed by atoms with Gasteiger partial charge in [-0.2, -0.15) is 0 Å². The summed E-state index contributed by atoms with van der Waals surface area (Å²) in [6, 6.07) is 8.67. The van der Waals surface area contributed by atoms with Crippen molar-refractivity contribution in [1.82, 2.24) is 0 Å². The van der Waals surface area contributed by atoms with Crippen LogP contribution in [0.4, 0.5) is 5.69 Å². The summed E-state index contributed by atoms with van der Waals surface area (Å²) >= 11 is 0. The summed E-state index contributed by atoms with van der Waals surface area (Å²) in [6.45, 7) is 1.26. The van der Waals surface area contributed by atoms with E-state index in [1.807, 2.05) is 0 Å². The zero-order valence-electron chi connectivity index (χ0n) is 8.23. The van der Waals surface area contributed by atoms with E-state index in [-0.39, 0.29) is 5.78 Å². The molecule has 1 aromatic carbocycles. The molecule has 0 aromatic heterocycles. The van der Waals surface area contributed by atoms with Crippen LogP contribution >= 0.6 is 0 Å².